The Balaban J connectivity index is 0.000000169. The number of ketones is 1. The molecule has 3 fully saturated rings. The molecule has 0 spiro atoms. The van der Waals surface area contributed by atoms with Crippen LogP contribution in [0.15, 0.2) is 136 Å². The average Bonchev–Trinajstić information content (AvgIpc) is 1.50. The van der Waals surface area contributed by atoms with Crippen LogP contribution in [0, 0.1) is 5.92 Å². The summed E-state index contributed by atoms with van der Waals surface area (Å²) in [7, 11) is -8.78. The van der Waals surface area contributed by atoms with E-state index < -0.39 is 67.7 Å². The summed E-state index contributed by atoms with van der Waals surface area (Å²) in [5.41, 5.74) is 3.51. The standard InChI is InChI=1S/C26H26F3N5O3S2.C24H27ClF3N5O4S2.C23H26F3N5O3S2/c1-32-7-6-21(15-32)39(36,37)16-19-4-2-18(3-5-19)12-23(35)33-8-10-34(11-9-33)24-22-13-20(14-26(27,28)29)38-25(22)31-17-30-24;1-15(34)13-33(39(2,36)37)17-4-3-16(20(25)10-17)9-21(35)31-5-7-32(8-6-31)22-19-11-18(12-24(26,27)28)38-23(19)30-14-29-22;1-3-31(36(2,33)34)17-6-4-16(5-7-17)12-20(32)29-8-10-30(11-9-29)21-19-13-18(14-23(24,25)26)35-22(19)28-15-27-21/h2-7,13,15,17H,8-12,14,16H2,1H3;3-4,10-11,14,19,23H,5-9,12-13H2,1-2H3;4-7,13,15H,3,8-12,14H2,1-2H3. The van der Waals surface area contributed by atoms with Crippen LogP contribution in [0.1, 0.15) is 52.3 Å². The second kappa shape index (κ2) is 35.6. The Morgan fingerprint density at radius 3 is 1.46 bits per heavy atom. The molecular formula is C73H79ClF9N15O10S6. The number of thioether (sulfide) groups is 1. The summed E-state index contributed by atoms with van der Waals surface area (Å²) in [6.45, 7) is 8.59. The Morgan fingerprint density at radius 2 is 1.02 bits per heavy atom. The van der Waals surface area contributed by atoms with Crippen molar-refractivity contribution in [3.05, 3.63) is 158 Å². The number of piperazine rings is 3. The molecule has 10 heterocycles. The number of amides is 3. The van der Waals surface area contributed by atoms with E-state index in [1.807, 2.05) is 14.7 Å². The topological polar surface area (TPSA) is 278 Å². The summed E-state index contributed by atoms with van der Waals surface area (Å²) >= 11 is 9.52. The molecule has 0 N–H and O–H groups in total. The number of aliphatic imine (C=N–C) groups is 2. The number of nitrogens with zero attached hydrogens (tertiary/aromatic N) is 15. The highest BCUT2D eigenvalue weighted by Crippen LogP contribution is 2.45. The number of carbonyl (C=O) groups is 4. The molecule has 114 heavy (non-hydrogen) atoms. The molecule has 13 rings (SSSR count). The van der Waals surface area contributed by atoms with Crippen molar-refractivity contribution in [2.24, 2.45) is 23.0 Å². The van der Waals surface area contributed by atoms with E-state index >= 15 is 0 Å². The highest BCUT2D eigenvalue weighted by Gasteiger charge is 2.41. The Hall–Kier alpha value is -8.96. The van der Waals surface area contributed by atoms with E-state index in [1.165, 1.54) is 54.5 Å². The van der Waals surface area contributed by atoms with Crippen molar-refractivity contribution in [1.29, 1.82) is 0 Å². The summed E-state index contributed by atoms with van der Waals surface area (Å²) in [6.07, 6.45) is -4.36. The number of Topliss-reactive ketones (excluding diaryl/α,β-unsaturated/α-hetero) is 1. The van der Waals surface area contributed by atoms with Crippen molar-refractivity contribution in [1.82, 2.24) is 44.1 Å². The van der Waals surface area contributed by atoms with Crippen molar-refractivity contribution in [2.75, 3.05) is 123 Å². The highest BCUT2D eigenvalue weighted by molar-refractivity contribution is 8.04. The number of rotatable bonds is 21. The zero-order chi connectivity index (χ0) is 82.4. The molecule has 2 unspecified atom stereocenters. The predicted molar refractivity (Wildman–Crippen MR) is 422 cm³/mol. The first-order valence-electron chi connectivity index (χ1n) is 35.6. The molecule has 5 aromatic heterocycles. The predicted octanol–water partition coefficient (Wildman–Crippen LogP) is 10.8. The highest BCUT2D eigenvalue weighted by atomic mass is 35.5. The van der Waals surface area contributed by atoms with Crippen LogP contribution in [0.5, 0.6) is 0 Å². The van der Waals surface area contributed by atoms with Gasteiger partial charge >= 0.3 is 18.5 Å². The summed E-state index contributed by atoms with van der Waals surface area (Å²) in [4.78, 5) is 88.9. The van der Waals surface area contributed by atoms with Crippen LogP contribution in [-0.2, 0) is 94.0 Å². The molecule has 25 nitrogen and oxygen atoms in total. The number of amidine groups is 1. The maximum Gasteiger partial charge on any atom is 0.393 e. The number of benzene rings is 3. The molecule has 3 amide bonds. The van der Waals surface area contributed by atoms with Gasteiger partial charge in [-0.2, -0.15) is 39.5 Å². The molecule has 2 atom stereocenters. The van der Waals surface area contributed by atoms with Crippen LogP contribution in [-0.4, -0.2) is 233 Å². The third kappa shape index (κ3) is 22.8. The first kappa shape index (κ1) is 85.9. The number of carbonyl (C=O) groups excluding carboxylic acids is 4. The quantitative estimate of drug-likeness (QED) is 0.0604. The fourth-order valence-electron chi connectivity index (χ4n) is 13.5. The number of hydrogen-bond acceptors (Lipinski definition) is 22. The molecular weight excluding hydrogens is 1650 g/mol. The fraction of sp³-hybridized carbons (Fsp3) is 0.425. The van der Waals surface area contributed by atoms with Crippen LogP contribution in [0.4, 0.5) is 62.5 Å². The SMILES string of the molecule is CC(=O)CN(c1ccc(CC(=O)N2CCN(C3=NC=NC4SC(CC(F)(F)F)=CC34)CC2)c(Cl)c1)S(C)(=O)=O.CCN(c1ccc(CC(=O)N2CCN(c3ncnc4sc(CC(F)(F)F)cc34)CC2)cc1)S(C)(=O)=O.Cn1ccc(S(=O)(=O)Cc2ccc(CC(=O)N3CCN(c4ncnc5sc(CC(F)(F)F)cc45)CC3)cc2)c1. The summed E-state index contributed by atoms with van der Waals surface area (Å²) in [6, 6.07) is 23.0. The minimum atomic E-state index is -4.29. The molecule has 0 aliphatic carbocycles. The van der Waals surface area contributed by atoms with Gasteiger partial charge in [-0.25, -0.2) is 50.2 Å². The lowest BCUT2D eigenvalue weighted by Crippen LogP contribution is -2.53. The smallest absolute Gasteiger partial charge is 0.356 e. The Labute approximate surface area is 669 Å². The van der Waals surface area contributed by atoms with Gasteiger partial charge in [0.15, 0.2) is 9.84 Å². The van der Waals surface area contributed by atoms with Crippen LogP contribution < -0.4 is 18.4 Å². The maximum absolute atomic E-state index is 13.0. The van der Waals surface area contributed by atoms with Crippen molar-refractivity contribution in [3.63, 3.8) is 0 Å². The lowest BCUT2D eigenvalue weighted by Gasteiger charge is -2.39. The van der Waals surface area contributed by atoms with E-state index in [2.05, 4.69) is 29.9 Å². The van der Waals surface area contributed by atoms with Crippen molar-refractivity contribution >= 4 is 155 Å². The van der Waals surface area contributed by atoms with E-state index in [9.17, 15) is 83.9 Å². The molecule has 0 radical (unpaired) electrons. The molecule has 5 aliphatic heterocycles. The van der Waals surface area contributed by atoms with Gasteiger partial charge in [0.2, 0.25) is 37.8 Å². The second-order valence-corrected chi connectivity index (χ2v) is 37.3. The molecule has 8 aromatic rings. The van der Waals surface area contributed by atoms with E-state index in [4.69, 9.17) is 11.6 Å². The average molecular weight is 1730 g/mol. The van der Waals surface area contributed by atoms with Gasteiger partial charge in [-0.1, -0.05) is 60.1 Å². The Kier molecular flexibility index (Phi) is 26.9. The van der Waals surface area contributed by atoms with E-state index in [1.54, 1.807) is 112 Å². The van der Waals surface area contributed by atoms with Crippen LogP contribution >= 0.6 is 46.0 Å². The molecule has 5 aliphatic rings. The summed E-state index contributed by atoms with van der Waals surface area (Å²) < 4.78 is 193. The monoisotopic (exact) mass is 1720 g/mol. The van der Waals surface area contributed by atoms with Crippen LogP contribution in [0.2, 0.25) is 5.02 Å². The molecule has 0 bridgehead atoms. The lowest BCUT2D eigenvalue weighted by atomic mass is 10.0. The number of hydrogen-bond donors (Lipinski definition) is 0. The normalized spacial score (nSPS) is 17.1. The third-order valence-corrected chi connectivity index (χ3v) is 26.7. The van der Waals surface area contributed by atoms with Crippen molar-refractivity contribution < 1.29 is 83.9 Å². The second-order valence-electron chi connectivity index (χ2n) is 27.6. The number of thiophene rings is 2. The van der Waals surface area contributed by atoms with E-state index in [0.29, 0.717) is 140 Å². The van der Waals surface area contributed by atoms with Gasteiger partial charge in [0.1, 0.15) is 57.3 Å². The number of allylic oxidation sites excluding steroid dienone is 1. The Morgan fingerprint density at radius 1 is 0.561 bits per heavy atom. The number of sulfonamides is 2. The zero-order valence-corrected chi connectivity index (χ0v) is 67.7. The minimum absolute atomic E-state index is 0.00315. The van der Waals surface area contributed by atoms with Crippen LogP contribution in [0.3, 0.4) is 0 Å². The molecule has 0 saturated carbocycles. The number of aryl methyl sites for hydroxylation is 1. The molecule has 41 heteroatoms. The lowest BCUT2D eigenvalue weighted by molar-refractivity contribution is -0.132. The van der Waals surface area contributed by atoms with Gasteiger partial charge in [-0.15, -0.1) is 34.4 Å². The summed E-state index contributed by atoms with van der Waals surface area (Å²) in [5.74, 6) is 0.770. The van der Waals surface area contributed by atoms with Crippen LogP contribution in [0.25, 0.3) is 20.4 Å². The van der Waals surface area contributed by atoms with E-state index in [0.717, 1.165) is 62.4 Å². The molecule has 3 saturated heterocycles. The van der Waals surface area contributed by atoms with Crippen molar-refractivity contribution in [2.45, 2.75) is 86.9 Å². The largest absolute Gasteiger partial charge is 0.393 e. The van der Waals surface area contributed by atoms with Gasteiger partial charge in [-0.3, -0.25) is 32.8 Å². The van der Waals surface area contributed by atoms with Gasteiger partial charge in [0, 0.05) is 119 Å². The number of anilines is 4. The summed E-state index contributed by atoms with van der Waals surface area (Å²) in [5, 5.41) is 1.03. The molecule has 3 aromatic carbocycles. The minimum Gasteiger partial charge on any atom is -0.356 e. The number of sulfone groups is 1. The van der Waals surface area contributed by atoms with Gasteiger partial charge in [0.05, 0.1) is 96.3 Å². The maximum atomic E-state index is 13.0. The number of halogens is 10. The Bertz CT molecular complexity index is 5300. The van der Waals surface area contributed by atoms with Crippen molar-refractivity contribution in [3.8, 4) is 0 Å². The van der Waals surface area contributed by atoms with E-state index in [-0.39, 0.29) is 96.6 Å². The third-order valence-electron chi connectivity index (χ3n) is 18.9. The first-order chi connectivity index (χ1) is 53.6. The first-order valence-corrected chi connectivity index (χ1v) is 43.8. The van der Waals surface area contributed by atoms with Gasteiger partial charge in [-0.05, 0) is 83.5 Å². The fourth-order valence-corrected chi connectivity index (χ4v) is 20.3. The molecule has 612 valence electrons. The van der Waals surface area contributed by atoms with Gasteiger partial charge in [0.25, 0.3) is 0 Å². The number of alkyl halides is 9. The number of aromatic nitrogens is 5. The zero-order valence-electron chi connectivity index (χ0n) is 62.1. The van der Waals surface area contributed by atoms with Gasteiger partial charge < -0.3 is 34.0 Å². The number of fused-ring (bicyclic) bond motifs is 3.